The molecule has 0 aliphatic carbocycles. The van der Waals surface area contributed by atoms with Crippen molar-refractivity contribution in [3.05, 3.63) is 30.0 Å². The molecule has 1 heterocycles. The molecule has 0 saturated carbocycles. The van der Waals surface area contributed by atoms with Gasteiger partial charge in [-0.2, -0.15) is 5.10 Å². The maximum atomic E-state index is 11.7. The molecule has 0 unspecified atom stereocenters. The smallest absolute Gasteiger partial charge is 0.178 e. The van der Waals surface area contributed by atoms with Crippen LogP contribution in [0.2, 0.25) is 0 Å². The summed E-state index contributed by atoms with van der Waals surface area (Å²) in [6.45, 7) is 3.46. The molecule has 1 aromatic carbocycles. The molecule has 0 saturated heterocycles. The van der Waals surface area contributed by atoms with Crippen LogP contribution in [-0.4, -0.2) is 24.4 Å². The molecule has 18 heavy (non-hydrogen) atoms. The summed E-state index contributed by atoms with van der Waals surface area (Å²) in [4.78, 5) is 0.319. The number of sulfone groups is 1. The lowest BCUT2D eigenvalue weighted by Gasteiger charge is -2.03. The van der Waals surface area contributed by atoms with Gasteiger partial charge in [-0.05, 0) is 19.1 Å². The topological polar surface area (TPSA) is 88.8 Å². The van der Waals surface area contributed by atoms with Crippen LogP contribution in [0.1, 0.15) is 12.6 Å². The maximum absolute atomic E-state index is 11.7. The summed E-state index contributed by atoms with van der Waals surface area (Å²) in [6, 6.07) is 6.60. The van der Waals surface area contributed by atoms with Crippen LogP contribution in [0.4, 0.5) is 5.69 Å². The number of H-pyrrole nitrogens is 1. The second kappa shape index (κ2) is 4.45. The Labute approximate surface area is 106 Å². The summed E-state index contributed by atoms with van der Waals surface area (Å²) in [5.41, 5.74) is 8.70. The normalized spacial score (nSPS) is 11.7. The first-order chi connectivity index (χ1) is 8.45. The largest absolute Gasteiger partial charge is 0.395 e. The van der Waals surface area contributed by atoms with Gasteiger partial charge in [-0.15, -0.1) is 0 Å². The average Bonchev–Trinajstić information content (AvgIpc) is 2.70. The Balaban J connectivity index is 2.43. The molecule has 0 amide bonds. The van der Waals surface area contributed by atoms with E-state index >= 15 is 0 Å². The van der Waals surface area contributed by atoms with E-state index in [-0.39, 0.29) is 5.75 Å². The number of anilines is 1. The van der Waals surface area contributed by atoms with E-state index in [9.17, 15) is 8.42 Å². The van der Waals surface area contributed by atoms with Gasteiger partial charge in [0.2, 0.25) is 0 Å². The highest BCUT2D eigenvalue weighted by Crippen LogP contribution is 2.26. The standard InChI is InChI=1S/C12H15N3O2S/c1-3-18(16,17)10-6-4-9(5-7-10)12-11(13)8(2)14-15-12/h4-7H,3,13H2,1-2H3,(H,14,15). The highest BCUT2D eigenvalue weighted by atomic mass is 32.2. The summed E-state index contributed by atoms with van der Waals surface area (Å²) < 4.78 is 23.3. The molecule has 0 aliphatic rings. The first-order valence-corrected chi connectivity index (χ1v) is 7.24. The number of hydrogen-bond acceptors (Lipinski definition) is 4. The number of rotatable bonds is 3. The van der Waals surface area contributed by atoms with Gasteiger partial charge < -0.3 is 5.73 Å². The Bertz CT molecular complexity index is 657. The molecule has 0 fully saturated rings. The summed E-state index contributed by atoms with van der Waals surface area (Å²) >= 11 is 0. The lowest BCUT2D eigenvalue weighted by molar-refractivity contribution is 0.597. The van der Waals surface area contributed by atoms with Gasteiger partial charge in [0.15, 0.2) is 9.84 Å². The van der Waals surface area contributed by atoms with E-state index in [2.05, 4.69) is 10.2 Å². The van der Waals surface area contributed by atoms with Crippen molar-refractivity contribution in [1.29, 1.82) is 0 Å². The number of nitrogen functional groups attached to an aromatic ring is 1. The molecular weight excluding hydrogens is 250 g/mol. The number of hydrogen-bond donors (Lipinski definition) is 2. The number of aryl methyl sites for hydroxylation is 1. The van der Waals surface area contributed by atoms with Crippen LogP contribution < -0.4 is 5.73 Å². The molecule has 2 aromatic rings. The van der Waals surface area contributed by atoms with Crippen LogP contribution in [0.3, 0.4) is 0 Å². The highest BCUT2D eigenvalue weighted by Gasteiger charge is 2.13. The number of nitrogens with zero attached hydrogens (tertiary/aromatic N) is 1. The van der Waals surface area contributed by atoms with Crippen LogP contribution in [0.5, 0.6) is 0 Å². The van der Waals surface area contributed by atoms with E-state index < -0.39 is 9.84 Å². The Hall–Kier alpha value is -1.82. The second-order valence-electron chi connectivity index (χ2n) is 4.04. The molecular formula is C12H15N3O2S. The molecule has 0 atom stereocenters. The predicted molar refractivity (Wildman–Crippen MR) is 70.9 cm³/mol. The van der Waals surface area contributed by atoms with Gasteiger partial charge in [-0.1, -0.05) is 19.1 Å². The Morgan fingerprint density at radius 3 is 2.33 bits per heavy atom. The molecule has 3 N–H and O–H groups in total. The quantitative estimate of drug-likeness (QED) is 0.885. The molecule has 0 spiro atoms. The zero-order chi connectivity index (χ0) is 13.3. The first-order valence-electron chi connectivity index (χ1n) is 5.59. The van der Waals surface area contributed by atoms with Crippen molar-refractivity contribution in [2.24, 2.45) is 0 Å². The van der Waals surface area contributed by atoms with Gasteiger partial charge in [0.05, 0.1) is 22.0 Å². The molecule has 5 nitrogen and oxygen atoms in total. The Morgan fingerprint density at radius 1 is 1.28 bits per heavy atom. The van der Waals surface area contributed by atoms with Crippen molar-refractivity contribution in [2.45, 2.75) is 18.7 Å². The Kier molecular flexibility index (Phi) is 3.13. The van der Waals surface area contributed by atoms with E-state index in [1.54, 1.807) is 31.2 Å². The van der Waals surface area contributed by atoms with Crippen LogP contribution >= 0.6 is 0 Å². The van der Waals surface area contributed by atoms with Crippen molar-refractivity contribution in [3.8, 4) is 11.3 Å². The number of benzene rings is 1. The molecule has 2 rings (SSSR count). The maximum Gasteiger partial charge on any atom is 0.178 e. The minimum atomic E-state index is -3.16. The Morgan fingerprint density at radius 2 is 1.89 bits per heavy atom. The molecule has 0 bridgehead atoms. The zero-order valence-electron chi connectivity index (χ0n) is 10.3. The van der Waals surface area contributed by atoms with Gasteiger partial charge in [0.25, 0.3) is 0 Å². The molecule has 1 aromatic heterocycles. The average molecular weight is 265 g/mol. The van der Waals surface area contributed by atoms with Crippen LogP contribution in [0.25, 0.3) is 11.3 Å². The fraction of sp³-hybridized carbons (Fsp3) is 0.250. The fourth-order valence-electron chi connectivity index (χ4n) is 1.64. The van der Waals surface area contributed by atoms with E-state index in [0.29, 0.717) is 16.3 Å². The van der Waals surface area contributed by atoms with Crippen LogP contribution in [0, 0.1) is 6.92 Å². The lowest BCUT2D eigenvalue weighted by atomic mass is 10.1. The van der Waals surface area contributed by atoms with E-state index in [1.165, 1.54) is 0 Å². The van der Waals surface area contributed by atoms with Crippen LogP contribution in [-0.2, 0) is 9.84 Å². The van der Waals surface area contributed by atoms with Gasteiger partial charge in [0, 0.05) is 5.56 Å². The summed E-state index contributed by atoms with van der Waals surface area (Å²) in [5, 5.41) is 6.90. The number of nitrogens with two attached hydrogens (primary N) is 1. The van der Waals surface area contributed by atoms with Crippen molar-refractivity contribution < 1.29 is 8.42 Å². The molecule has 0 aliphatic heterocycles. The fourth-order valence-corrected chi connectivity index (χ4v) is 2.53. The van der Waals surface area contributed by atoms with Crippen molar-refractivity contribution in [3.63, 3.8) is 0 Å². The highest BCUT2D eigenvalue weighted by molar-refractivity contribution is 7.91. The SMILES string of the molecule is CCS(=O)(=O)c1ccc(-c2n[nH]c(C)c2N)cc1. The van der Waals surface area contributed by atoms with Crippen LogP contribution in [0.15, 0.2) is 29.2 Å². The number of aromatic amines is 1. The van der Waals surface area contributed by atoms with Gasteiger partial charge in [-0.3, -0.25) is 5.10 Å². The molecule has 6 heteroatoms. The number of nitrogens with one attached hydrogen (secondary N) is 1. The zero-order valence-corrected chi connectivity index (χ0v) is 11.1. The van der Waals surface area contributed by atoms with Gasteiger partial charge in [0.1, 0.15) is 5.69 Å². The summed E-state index contributed by atoms with van der Waals surface area (Å²) in [6.07, 6.45) is 0. The summed E-state index contributed by atoms with van der Waals surface area (Å²) in [5.74, 6) is 0.0933. The minimum Gasteiger partial charge on any atom is -0.395 e. The summed E-state index contributed by atoms with van der Waals surface area (Å²) in [7, 11) is -3.16. The second-order valence-corrected chi connectivity index (χ2v) is 6.32. The first kappa shape index (κ1) is 12.6. The molecule has 0 radical (unpaired) electrons. The van der Waals surface area contributed by atoms with Gasteiger partial charge >= 0.3 is 0 Å². The molecule has 96 valence electrons. The third kappa shape index (κ3) is 2.11. The minimum absolute atomic E-state index is 0.0933. The predicted octanol–water partition coefficient (Wildman–Crippen LogP) is 1.76. The van der Waals surface area contributed by atoms with Crippen molar-refractivity contribution >= 4 is 15.5 Å². The third-order valence-electron chi connectivity index (χ3n) is 2.86. The number of aromatic nitrogens is 2. The van der Waals surface area contributed by atoms with E-state index in [1.807, 2.05) is 6.92 Å². The van der Waals surface area contributed by atoms with Crippen molar-refractivity contribution in [2.75, 3.05) is 11.5 Å². The van der Waals surface area contributed by atoms with Crippen molar-refractivity contribution in [1.82, 2.24) is 10.2 Å². The monoisotopic (exact) mass is 265 g/mol. The lowest BCUT2D eigenvalue weighted by Crippen LogP contribution is -2.03. The third-order valence-corrected chi connectivity index (χ3v) is 4.61. The van der Waals surface area contributed by atoms with Gasteiger partial charge in [-0.25, -0.2) is 8.42 Å². The van der Waals surface area contributed by atoms with E-state index in [0.717, 1.165) is 11.3 Å². The van der Waals surface area contributed by atoms with E-state index in [4.69, 9.17) is 5.73 Å².